The van der Waals surface area contributed by atoms with E-state index in [1.54, 1.807) is 5.32 Å². The van der Waals surface area contributed by atoms with Gasteiger partial charge in [0.25, 0.3) is 0 Å². The molecular formula is C10H12F3NO3. The number of fused-ring (bicyclic) bond motifs is 2. The number of aliphatic carboxylic acids is 1. The van der Waals surface area contributed by atoms with Crippen molar-refractivity contribution in [3.8, 4) is 0 Å². The van der Waals surface area contributed by atoms with E-state index in [0.29, 0.717) is 12.8 Å². The van der Waals surface area contributed by atoms with Gasteiger partial charge in [0.05, 0.1) is 0 Å². The van der Waals surface area contributed by atoms with Crippen LogP contribution >= 0.6 is 0 Å². The Kier molecular flexibility index (Phi) is 2.59. The largest absolute Gasteiger partial charge is 0.479 e. The smallest absolute Gasteiger partial charge is 0.471 e. The van der Waals surface area contributed by atoms with Crippen molar-refractivity contribution in [1.82, 2.24) is 5.32 Å². The Balaban J connectivity index is 2.20. The summed E-state index contributed by atoms with van der Waals surface area (Å²) in [7, 11) is 0. The molecule has 1 amide bonds. The molecule has 0 aromatic carbocycles. The molecule has 0 saturated heterocycles. The molecule has 2 rings (SSSR count). The van der Waals surface area contributed by atoms with Crippen LogP contribution in [0.2, 0.25) is 0 Å². The maximum atomic E-state index is 12.2. The molecule has 2 fully saturated rings. The number of hydrogen-bond acceptors (Lipinski definition) is 2. The van der Waals surface area contributed by atoms with Crippen molar-refractivity contribution in [1.29, 1.82) is 0 Å². The predicted octanol–water partition coefficient (Wildman–Crippen LogP) is 1.31. The van der Waals surface area contributed by atoms with Gasteiger partial charge in [-0.3, -0.25) is 4.79 Å². The summed E-state index contributed by atoms with van der Waals surface area (Å²) in [5.41, 5.74) is -1.71. The van der Waals surface area contributed by atoms with Crippen LogP contribution in [0, 0.1) is 11.8 Å². The summed E-state index contributed by atoms with van der Waals surface area (Å²) >= 11 is 0. The van der Waals surface area contributed by atoms with Gasteiger partial charge in [0.1, 0.15) is 5.54 Å². The zero-order valence-electron chi connectivity index (χ0n) is 8.88. The first-order valence-corrected chi connectivity index (χ1v) is 5.38. The highest BCUT2D eigenvalue weighted by Crippen LogP contribution is 2.51. The number of amides is 1. The molecule has 0 aliphatic heterocycles. The molecular weight excluding hydrogens is 239 g/mol. The highest BCUT2D eigenvalue weighted by atomic mass is 19.4. The first kappa shape index (κ1) is 12.2. The Morgan fingerprint density at radius 1 is 1.29 bits per heavy atom. The van der Waals surface area contributed by atoms with Gasteiger partial charge < -0.3 is 10.4 Å². The molecule has 2 aliphatic rings. The van der Waals surface area contributed by atoms with Gasteiger partial charge >= 0.3 is 18.1 Å². The average Bonchev–Trinajstić information content (AvgIpc) is 2.75. The Morgan fingerprint density at radius 2 is 1.94 bits per heavy atom. The van der Waals surface area contributed by atoms with Crippen molar-refractivity contribution in [2.24, 2.45) is 11.8 Å². The van der Waals surface area contributed by atoms with E-state index in [1.807, 2.05) is 0 Å². The van der Waals surface area contributed by atoms with E-state index in [4.69, 9.17) is 5.11 Å². The first-order valence-electron chi connectivity index (χ1n) is 5.38. The minimum Gasteiger partial charge on any atom is -0.479 e. The lowest BCUT2D eigenvalue weighted by Gasteiger charge is -2.34. The SMILES string of the molecule is O=C(N[C@@]1(C(=O)O)C[C@@H]2CC[C@H]1C2)C(F)(F)F. The number of alkyl halides is 3. The monoisotopic (exact) mass is 251 g/mol. The van der Waals surface area contributed by atoms with Crippen LogP contribution in [0.4, 0.5) is 13.2 Å². The topological polar surface area (TPSA) is 66.4 Å². The van der Waals surface area contributed by atoms with Crippen molar-refractivity contribution < 1.29 is 27.9 Å². The van der Waals surface area contributed by atoms with E-state index in [0.717, 1.165) is 6.42 Å². The second kappa shape index (κ2) is 3.61. The van der Waals surface area contributed by atoms with Crippen molar-refractivity contribution in [2.75, 3.05) is 0 Å². The molecule has 0 aromatic rings. The molecule has 0 heterocycles. The molecule has 4 nitrogen and oxygen atoms in total. The van der Waals surface area contributed by atoms with E-state index < -0.39 is 23.6 Å². The van der Waals surface area contributed by atoms with Crippen molar-refractivity contribution in [3.63, 3.8) is 0 Å². The minimum absolute atomic E-state index is 0.106. The van der Waals surface area contributed by atoms with Crippen LogP contribution in [0.15, 0.2) is 0 Å². The van der Waals surface area contributed by atoms with Crippen LogP contribution in [0.3, 0.4) is 0 Å². The number of carboxylic acid groups (broad SMARTS) is 1. The molecule has 17 heavy (non-hydrogen) atoms. The molecule has 3 atom stereocenters. The number of nitrogens with one attached hydrogen (secondary N) is 1. The van der Waals surface area contributed by atoms with Crippen LogP contribution in [-0.4, -0.2) is 28.7 Å². The third kappa shape index (κ3) is 1.87. The van der Waals surface area contributed by atoms with Crippen molar-refractivity contribution in [2.45, 2.75) is 37.4 Å². The summed E-state index contributed by atoms with van der Waals surface area (Å²) in [5.74, 6) is -3.78. The highest BCUT2D eigenvalue weighted by Gasteiger charge is 2.58. The fourth-order valence-electron chi connectivity index (χ4n) is 3.07. The van der Waals surface area contributed by atoms with Gasteiger partial charge in [-0.15, -0.1) is 0 Å². The fraction of sp³-hybridized carbons (Fsp3) is 0.800. The highest BCUT2D eigenvalue weighted by molar-refractivity contribution is 5.90. The van der Waals surface area contributed by atoms with Crippen LogP contribution in [0.5, 0.6) is 0 Å². The second-order valence-corrected chi connectivity index (χ2v) is 4.81. The molecule has 2 bridgehead atoms. The van der Waals surface area contributed by atoms with Gasteiger partial charge in [-0.1, -0.05) is 0 Å². The zero-order chi connectivity index (χ0) is 12.8. The molecule has 2 N–H and O–H groups in total. The predicted molar refractivity (Wildman–Crippen MR) is 50.0 cm³/mol. The Hall–Kier alpha value is -1.27. The summed E-state index contributed by atoms with van der Waals surface area (Å²) in [4.78, 5) is 22.1. The van der Waals surface area contributed by atoms with E-state index >= 15 is 0 Å². The van der Waals surface area contributed by atoms with Gasteiger partial charge in [0.2, 0.25) is 0 Å². The van der Waals surface area contributed by atoms with Crippen LogP contribution < -0.4 is 5.32 Å². The van der Waals surface area contributed by atoms with Gasteiger partial charge in [-0.25, -0.2) is 4.79 Å². The molecule has 0 unspecified atom stereocenters. The first-order chi connectivity index (χ1) is 7.75. The van der Waals surface area contributed by atoms with E-state index in [1.165, 1.54) is 0 Å². The zero-order valence-corrected chi connectivity index (χ0v) is 8.88. The minimum atomic E-state index is -5.04. The third-order valence-corrected chi connectivity index (χ3v) is 3.82. The van der Waals surface area contributed by atoms with Gasteiger partial charge in [-0.05, 0) is 37.5 Å². The molecule has 2 aliphatic carbocycles. The number of carboxylic acids is 1. The summed E-state index contributed by atoms with van der Waals surface area (Å²) in [6.45, 7) is 0. The number of carbonyl (C=O) groups is 2. The van der Waals surface area contributed by atoms with E-state index in [2.05, 4.69) is 0 Å². The third-order valence-electron chi connectivity index (χ3n) is 3.82. The number of rotatable bonds is 2. The molecule has 7 heteroatoms. The maximum Gasteiger partial charge on any atom is 0.471 e. The molecule has 96 valence electrons. The van der Waals surface area contributed by atoms with Gasteiger partial charge in [0, 0.05) is 0 Å². The average molecular weight is 251 g/mol. The van der Waals surface area contributed by atoms with Crippen molar-refractivity contribution >= 4 is 11.9 Å². The lowest BCUT2D eigenvalue weighted by atomic mass is 9.81. The Morgan fingerprint density at radius 3 is 2.29 bits per heavy atom. The quantitative estimate of drug-likeness (QED) is 0.777. The molecule has 0 spiro atoms. The van der Waals surface area contributed by atoms with E-state index in [-0.39, 0.29) is 18.3 Å². The summed E-state index contributed by atoms with van der Waals surface area (Å²) in [6.07, 6.45) is -2.94. The maximum absolute atomic E-state index is 12.2. The van der Waals surface area contributed by atoms with Gasteiger partial charge in [0.15, 0.2) is 0 Å². The standard InChI is InChI=1S/C10H12F3NO3/c11-10(12,13)7(15)14-9(8(16)17)4-5-1-2-6(9)3-5/h5-6H,1-4H2,(H,14,15)(H,16,17)/t5-,6+,9+/m1/s1. The fourth-order valence-corrected chi connectivity index (χ4v) is 3.07. The summed E-state index contributed by atoms with van der Waals surface area (Å²) in [6, 6.07) is 0. The Labute approximate surface area is 95.2 Å². The van der Waals surface area contributed by atoms with Crippen molar-refractivity contribution in [3.05, 3.63) is 0 Å². The van der Waals surface area contributed by atoms with Gasteiger partial charge in [-0.2, -0.15) is 13.2 Å². The molecule has 2 saturated carbocycles. The van der Waals surface area contributed by atoms with E-state index in [9.17, 15) is 22.8 Å². The van der Waals surface area contributed by atoms with Crippen LogP contribution in [0.25, 0.3) is 0 Å². The lowest BCUT2D eigenvalue weighted by molar-refractivity contribution is -0.178. The lowest BCUT2D eigenvalue weighted by Crippen LogP contribution is -2.60. The van der Waals surface area contributed by atoms with Crippen LogP contribution in [0.1, 0.15) is 25.7 Å². The second-order valence-electron chi connectivity index (χ2n) is 4.81. The number of halogens is 3. The Bertz CT molecular complexity index is 368. The summed E-state index contributed by atoms with van der Waals surface area (Å²) in [5, 5.41) is 10.8. The molecule has 0 aromatic heterocycles. The summed E-state index contributed by atoms with van der Waals surface area (Å²) < 4.78 is 36.5. The normalized spacial score (nSPS) is 35.9. The number of hydrogen-bond donors (Lipinski definition) is 2. The molecule has 0 radical (unpaired) electrons. The number of carbonyl (C=O) groups excluding carboxylic acids is 1. The van der Waals surface area contributed by atoms with Crippen LogP contribution in [-0.2, 0) is 9.59 Å².